The Morgan fingerprint density at radius 2 is 2.14 bits per heavy atom. The summed E-state index contributed by atoms with van der Waals surface area (Å²) in [5, 5.41) is 10.2. The SMILES string of the molecule is O=C1CN(C(=O)CSc2nncc(=O)[nH]2)c2ccccc2N1. The monoisotopic (exact) mass is 317 g/mol. The Hall–Kier alpha value is -2.68. The molecule has 1 aliphatic rings. The maximum absolute atomic E-state index is 12.3. The van der Waals surface area contributed by atoms with E-state index in [0.29, 0.717) is 11.4 Å². The fourth-order valence-corrected chi connectivity index (χ4v) is 2.72. The standard InChI is InChI=1S/C13H11N5O3S/c19-10-5-14-17-13(16-10)22-7-12(21)18-6-11(20)15-8-3-1-2-4-9(8)18/h1-5H,6-7H2,(H,15,20)(H,16,17,19). The molecule has 22 heavy (non-hydrogen) atoms. The Kier molecular flexibility index (Phi) is 3.88. The van der Waals surface area contributed by atoms with Crippen LogP contribution < -0.4 is 15.8 Å². The number of anilines is 2. The molecule has 2 heterocycles. The van der Waals surface area contributed by atoms with E-state index in [1.54, 1.807) is 24.3 Å². The number of benzene rings is 1. The van der Waals surface area contributed by atoms with Crippen LogP contribution >= 0.6 is 11.8 Å². The molecule has 9 heteroatoms. The molecule has 2 aromatic rings. The minimum atomic E-state index is -0.382. The third-order valence-corrected chi connectivity index (χ3v) is 3.81. The summed E-state index contributed by atoms with van der Waals surface area (Å²) in [7, 11) is 0. The summed E-state index contributed by atoms with van der Waals surface area (Å²) in [5.74, 6) is -0.459. The number of para-hydroxylation sites is 2. The number of thioether (sulfide) groups is 1. The van der Waals surface area contributed by atoms with E-state index in [0.717, 1.165) is 18.0 Å². The van der Waals surface area contributed by atoms with E-state index < -0.39 is 0 Å². The molecule has 112 valence electrons. The van der Waals surface area contributed by atoms with Gasteiger partial charge in [-0.3, -0.25) is 19.4 Å². The predicted molar refractivity (Wildman–Crippen MR) is 80.8 cm³/mol. The van der Waals surface area contributed by atoms with Crippen molar-refractivity contribution in [2.75, 3.05) is 22.5 Å². The van der Waals surface area contributed by atoms with Crippen LogP contribution in [0.2, 0.25) is 0 Å². The number of nitrogens with one attached hydrogen (secondary N) is 2. The lowest BCUT2D eigenvalue weighted by Crippen LogP contribution is -2.43. The van der Waals surface area contributed by atoms with Gasteiger partial charge in [-0.05, 0) is 12.1 Å². The van der Waals surface area contributed by atoms with Crippen molar-refractivity contribution in [3.63, 3.8) is 0 Å². The first-order chi connectivity index (χ1) is 10.6. The van der Waals surface area contributed by atoms with Crippen molar-refractivity contribution in [3.8, 4) is 0 Å². The highest BCUT2D eigenvalue weighted by Gasteiger charge is 2.26. The van der Waals surface area contributed by atoms with Crippen LogP contribution in [0.25, 0.3) is 0 Å². The molecule has 1 aliphatic heterocycles. The van der Waals surface area contributed by atoms with E-state index >= 15 is 0 Å². The van der Waals surface area contributed by atoms with Gasteiger partial charge < -0.3 is 10.2 Å². The lowest BCUT2D eigenvalue weighted by molar-refractivity contribution is -0.120. The summed E-state index contributed by atoms with van der Waals surface area (Å²) in [6.07, 6.45) is 1.05. The van der Waals surface area contributed by atoms with Crippen LogP contribution in [0.15, 0.2) is 40.4 Å². The van der Waals surface area contributed by atoms with Gasteiger partial charge in [-0.25, -0.2) is 0 Å². The van der Waals surface area contributed by atoms with Gasteiger partial charge in [0.25, 0.3) is 5.56 Å². The van der Waals surface area contributed by atoms with E-state index in [4.69, 9.17) is 0 Å². The molecule has 0 radical (unpaired) electrons. The summed E-state index contributed by atoms with van der Waals surface area (Å²) in [5.41, 5.74) is 0.873. The zero-order valence-corrected chi connectivity index (χ0v) is 12.1. The summed E-state index contributed by atoms with van der Waals surface area (Å²) in [6.45, 7) is -0.0343. The zero-order valence-electron chi connectivity index (χ0n) is 11.3. The molecule has 0 saturated heterocycles. The lowest BCUT2D eigenvalue weighted by atomic mass is 10.2. The van der Waals surface area contributed by atoms with Gasteiger partial charge >= 0.3 is 0 Å². The Labute approximate surface area is 128 Å². The van der Waals surface area contributed by atoms with Crippen molar-refractivity contribution < 1.29 is 9.59 Å². The molecule has 0 fully saturated rings. The number of hydrogen-bond donors (Lipinski definition) is 2. The van der Waals surface area contributed by atoms with Gasteiger partial charge in [-0.15, -0.1) is 5.10 Å². The highest BCUT2D eigenvalue weighted by atomic mass is 32.2. The van der Waals surface area contributed by atoms with Crippen molar-refractivity contribution in [1.82, 2.24) is 15.2 Å². The molecular weight excluding hydrogens is 306 g/mol. The van der Waals surface area contributed by atoms with E-state index in [-0.39, 0.29) is 34.8 Å². The molecule has 0 saturated carbocycles. The number of carbonyl (C=O) groups is 2. The quantitative estimate of drug-likeness (QED) is 0.785. The second-order valence-corrected chi connectivity index (χ2v) is 5.44. The molecule has 0 unspecified atom stereocenters. The summed E-state index contributed by atoms with van der Waals surface area (Å²) >= 11 is 1.06. The van der Waals surface area contributed by atoms with E-state index in [2.05, 4.69) is 20.5 Å². The topological polar surface area (TPSA) is 108 Å². The van der Waals surface area contributed by atoms with Crippen molar-refractivity contribution in [3.05, 3.63) is 40.8 Å². The maximum atomic E-state index is 12.3. The number of aromatic nitrogens is 3. The van der Waals surface area contributed by atoms with Gasteiger partial charge in [0.15, 0.2) is 5.16 Å². The summed E-state index contributed by atoms with van der Waals surface area (Å²) < 4.78 is 0. The average Bonchev–Trinajstić information content (AvgIpc) is 2.52. The second-order valence-electron chi connectivity index (χ2n) is 4.47. The van der Waals surface area contributed by atoms with Crippen LogP contribution in [0.4, 0.5) is 11.4 Å². The van der Waals surface area contributed by atoms with E-state index in [1.807, 2.05) is 0 Å². The van der Waals surface area contributed by atoms with Gasteiger partial charge in [0, 0.05) is 0 Å². The highest BCUT2D eigenvalue weighted by molar-refractivity contribution is 7.99. The van der Waals surface area contributed by atoms with E-state index in [9.17, 15) is 14.4 Å². The smallest absolute Gasteiger partial charge is 0.270 e. The van der Waals surface area contributed by atoms with Gasteiger partial charge in [0.2, 0.25) is 11.8 Å². The zero-order chi connectivity index (χ0) is 15.5. The Morgan fingerprint density at radius 3 is 2.95 bits per heavy atom. The highest BCUT2D eigenvalue weighted by Crippen LogP contribution is 2.29. The normalized spacial score (nSPS) is 13.5. The molecule has 2 N–H and O–H groups in total. The average molecular weight is 317 g/mol. The van der Waals surface area contributed by atoms with Gasteiger partial charge in [0.05, 0.1) is 17.1 Å². The second kappa shape index (κ2) is 5.98. The summed E-state index contributed by atoms with van der Waals surface area (Å²) in [4.78, 5) is 39.0. The fraction of sp³-hybridized carbons (Fsp3) is 0.154. The van der Waals surface area contributed by atoms with Gasteiger partial charge in [-0.2, -0.15) is 5.10 Å². The first-order valence-electron chi connectivity index (χ1n) is 6.37. The number of H-pyrrole nitrogens is 1. The Morgan fingerprint density at radius 1 is 1.32 bits per heavy atom. The molecule has 1 aromatic heterocycles. The number of fused-ring (bicyclic) bond motifs is 1. The number of aromatic amines is 1. The summed E-state index contributed by atoms with van der Waals surface area (Å²) in [6, 6.07) is 7.08. The van der Waals surface area contributed by atoms with Crippen molar-refractivity contribution in [1.29, 1.82) is 0 Å². The molecule has 0 bridgehead atoms. The molecule has 0 spiro atoms. The van der Waals surface area contributed by atoms with Gasteiger partial charge in [0.1, 0.15) is 12.7 Å². The van der Waals surface area contributed by atoms with Crippen LogP contribution in [0.5, 0.6) is 0 Å². The largest absolute Gasteiger partial charge is 0.323 e. The van der Waals surface area contributed by atoms with E-state index in [1.165, 1.54) is 4.90 Å². The van der Waals surface area contributed by atoms with Crippen LogP contribution in [-0.4, -0.2) is 39.3 Å². The maximum Gasteiger partial charge on any atom is 0.270 e. The minimum absolute atomic E-state index is 0.0343. The lowest BCUT2D eigenvalue weighted by Gasteiger charge is -2.28. The number of amides is 2. The number of rotatable bonds is 3. The van der Waals surface area contributed by atoms with Crippen LogP contribution in [0, 0.1) is 0 Å². The van der Waals surface area contributed by atoms with Gasteiger partial charge in [-0.1, -0.05) is 23.9 Å². The fourth-order valence-electron chi connectivity index (χ4n) is 2.03. The third kappa shape index (κ3) is 2.98. The molecule has 2 amide bonds. The molecule has 0 aliphatic carbocycles. The van der Waals surface area contributed by atoms with Crippen LogP contribution in [-0.2, 0) is 9.59 Å². The van der Waals surface area contributed by atoms with Crippen LogP contribution in [0.3, 0.4) is 0 Å². The Balaban J connectivity index is 1.75. The predicted octanol–water partition coefficient (Wildman–Crippen LogP) is 0.242. The van der Waals surface area contributed by atoms with Crippen molar-refractivity contribution in [2.45, 2.75) is 5.16 Å². The number of hydrogen-bond acceptors (Lipinski definition) is 6. The first-order valence-corrected chi connectivity index (χ1v) is 7.36. The molecular formula is C13H11N5O3S. The third-order valence-electron chi connectivity index (χ3n) is 2.96. The number of carbonyl (C=O) groups excluding carboxylic acids is 2. The van der Waals surface area contributed by atoms with Crippen molar-refractivity contribution in [2.24, 2.45) is 0 Å². The van der Waals surface area contributed by atoms with Crippen molar-refractivity contribution >= 4 is 35.0 Å². The number of nitrogens with zero attached hydrogens (tertiary/aromatic N) is 3. The van der Waals surface area contributed by atoms with Crippen LogP contribution in [0.1, 0.15) is 0 Å². The minimum Gasteiger partial charge on any atom is -0.323 e. The molecule has 3 rings (SSSR count). The first kappa shape index (κ1) is 14.3. The molecule has 1 aromatic carbocycles. The molecule has 0 atom stereocenters. The molecule has 8 nitrogen and oxygen atoms in total. The Bertz CT molecular complexity index is 791.